The average molecular weight is 316 g/mol. The molecule has 1 N–H and O–H groups in total. The predicted molar refractivity (Wildman–Crippen MR) is 90.4 cm³/mol. The van der Waals surface area contributed by atoms with Gasteiger partial charge in [0.05, 0.1) is 11.4 Å². The van der Waals surface area contributed by atoms with Gasteiger partial charge in [-0.1, -0.05) is 12.1 Å². The molecule has 0 saturated carbocycles. The van der Waals surface area contributed by atoms with Crippen LogP contribution < -0.4 is 0 Å². The fraction of sp³-hybridized carbons (Fsp3) is 0. The van der Waals surface area contributed by atoms with E-state index in [1.807, 2.05) is 30.3 Å². The van der Waals surface area contributed by atoms with E-state index >= 15 is 0 Å². The molecular weight excluding hydrogens is 303 g/mol. The Morgan fingerprint density at radius 2 is 1.62 bits per heavy atom. The second-order valence-electron chi connectivity index (χ2n) is 5.30. The van der Waals surface area contributed by atoms with Crippen molar-refractivity contribution in [3.05, 3.63) is 79.1 Å². The van der Waals surface area contributed by atoms with Gasteiger partial charge in [0, 0.05) is 41.5 Å². The Hall–Kier alpha value is -3.34. The number of nitrogens with zero attached hydrogens (tertiary/aromatic N) is 3. The van der Waals surface area contributed by atoms with Crippen LogP contribution in [0.2, 0.25) is 0 Å². The van der Waals surface area contributed by atoms with Gasteiger partial charge < -0.3 is 4.98 Å². The predicted octanol–water partition coefficient (Wildman–Crippen LogP) is 4.34. The maximum Gasteiger partial charge on any atom is 0.140 e. The number of halogens is 1. The molecule has 4 aromatic rings. The number of rotatable bonds is 3. The summed E-state index contributed by atoms with van der Waals surface area (Å²) < 4.78 is 13.7. The Bertz CT molecular complexity index is 965. The SMILES string of the molecule is Fc1cccc(-c2nc(-c3cccnc3)[nH]c2-c2ccncc2)c1. The lowest BCUT2D eigenvalue weighted by atomic mass is 10.1. The molecule has 0 saturated heterocycles. The first kappa shape index (κ1) is 14.3. The van der Waals surface area contributed by atoms with E-state index in [2.05, 4.69) is 19.9 Å². The summed E-state index contributed by atoms with van der Waals surface area (Å²) in [4.78, 5) is 16.2. The minimum atomic E-state index is -0.292. The van der Waals surface area contributed by atoms with E-state index < -0.39 is 0 Å². The molecule has 3 aromatic heterocycles. The lowest BCUT2D eigenvalue weighted by Gasteiger charge is -2.02. The van der Waals surface area contributed by atoms with Crippen molar-refractivity contribution in [1.29, 1.82) is 0 Å². The molecule has 116 valence electrons. The van der Waals surface area contributed by atoms with Crippen LogP contribution in [0, 0.1) is 5.82 Å². The minimum absolute atomic E-state index is 0.292. The fourth-order valence-corrected chi connectivity index (χ4v) is 2.58. The number of benzene rings is 1. The maximum atomic E-state index is 13.7. The molecule has 0 aliphatic heterocycles. The molecular formula is C19H13FN4. The van der Waals surface area contributed by atoms with E-state index in [9.17, 15) is 4.39 Å². The molecule has 24 heavy (non-hydrogen) atoms. The zero-order valence-corrected chi connectivity index (χ0v) is 12.6. The zero-order valence-electron chi connectivity index (χ0n) is 12.6. The topological polar surface area (TPSA) is 54.5 Å². The summed E-state index contributed by atoms with van der Waals surface area (Å²) in [5.74, 6) is 0.397. The zero-order chi connectivity index (χ0) is 16.4. The number of pyridine rings is 2. The number of aromatic nitrogens is 4. The summed E-state index contributed by atoms with van der Waals surface area (Å²) in [6, 6.07) is 14.0. The number of H-pyrrole nitrogens is 1. The van der Waals surface area contributed by atoms with Crippen LogP contribution in [0.5, 0.6) is 0 Å². The summed E-state index contributed by atoms with van der Waals surface area (Å²) in [5, 5.41) is 0. The van der Waals surface area contributed by atoms with Crippen molar-refractivity contribution in [1.82, 2.24) is 19.9 Å². The minimum Gasteiger partial charge on any atom is -0.337 e. The van der Waals surface area contributed by atoms with Crippen molar-refractivity contribution < 1.29 is 4.39 Å². The van der Waals surface area contributed by atoms with Crippen LogP contribution in [0.15, 0.2) is 73.3 Å². The lowest BCUT2D eigenvalue weighted by Crippen LogP contribution is -1.85. The van der Waals surface area contributed by atoms with E-state index in [-0.39, 0.29) is 5.82 Å². The lowest BCUT2D eigenvalue weighted by molar-refractivity contribution is 0.628. The molecule has 5 heteroatoms. The van der Waals surface area contributed by atoms with Crippen LogP contribution in [0.25, 0.3) is 33.9 Å². The van der Waals surface area contributed by atoms with Crippen LogP contribution in [0.3, 0.4) is 0 Å². The molecule has 0 atom stereocenters. The van der Waals surface area contributed by atoms with Gasteiger partial charge in [0.1, 0.15) is 11.6 Å². The van der Waals surface area contributed by atoms with Gasteiger partial charge >= 0.3 is 0 Å². The molecule has 0 fully saturated rings. The quantitative estimate of drug-likeness (QED) is 0.611. The monoisotopic (exact) mass is 316 g/mol. The maximum absolute atomic E-state index is 13.7. The molecule has 4 rings (SSSR count). The highest BCUT2D eigenvalue weighted by Gasteiger charge is 2.15. The molecule has 0 radical (unpaired) electrons. The summed E-state index contributed by atoms with van der Waals surface area (Å²) in [7, 11) is 0. The molecule has 0 amide bonds. The smallest absolute Gasteiger partial charge is 0.140 e. The van der Waals surface area contributed by atoms with Crippen molar-refractivity contribution in [3.63, 3.8) is 0 Å². The first-order valence-electron chi connectivity index (χ1n) is 7.48. The third kappa shape index (κ3) is 2.67. The molecule has 3 heterocycles. The first-order valence-corrected chi connectivity index (χ1v) is 7.48. The highest BCUT2D eigenvalue weighted by Crippen LogP contribution is 2.32. The van der Waals surface area contributed by atoms with Crippen LogP contribution in [0.4, 0.5) is 4.39 Å². The van der Waals surface area contributed by atoms with Gasteiger partial charge in [-0.3, -0.25) is 9.97 Å². The van der Waals surface area contributed by atoms with E-state index in [1.54, 1.807) is 30.9 Å². The van der Waals surface area contributed by atoms with Crippen molar-refractivity contribution in [2.75, 3.05) is 0 Å². The number of aromatic amines is 1. The van der Waals surface area contributed by atoms with Gasteiger partial charge in [0.2, 0.25) is 0 Å². The number of nitrogens with one attached hydrogen (secondary N) is 1. The third-order valence-electron chi connectivity index (χ3n) is 3.71. The summed E-state index contributed by atoms with van der Waals surface area (Å²) in [5.41, 5.74) is 4.04. The average Bonchev–Trinajstić information content (AvgIpc) is 3.09. The number of imidazole rings is 1. The van der Waals surface area contributed by atoms with Crippen molar-refractivity contribution in [2.45, 2.75) is 0 Å². The van der Waals surface area contributed by atoms with E-state index in [4.69, 9.17) is 0 Å². The largest absolute Gasteiger partial charge is 0.337 e. The van der Waals surface area contributed by atoms with Crippen LogP contribution in [-0.4, -0.2) is 19.9 Å². The van der Waals surface area contributed by atoms with E-state index in [1.165, 1.54) is 12.1 Å². The molecule has 0 aliphatic carbocycles. The Morgan fingerprint density at radius 1 is 0.792 bits per heavy atom. The third-order valence-corrected chi connectivity index (χ3v) is 3.71. The van der Waals surface area contributed by atoms with Gasteiger partial charge in [-0.25, -0.2) is 9.37 Å². The van der Waals surface area contributed by atoms with Crippen molar-refractivity contribution in [3.8, 4) is 33.9 Å². The highest BCUT2D eigenvalue weighted by atomic mass is 19.1. The summed E-state index contributed by atoms with van der Waals surface area (Å²) in [6.07, 6.45) is 6.89. The van der Waals surface area contributed by atoms with Crippen LogP contribution >= 0.6 is 0 Å². The first-order chi connectivity index (χ1) is 11.8. The van der Waals surface area contributed by atoms with Crippen molar-refractivity contribution >= 4 is 0 Å². The summed E-state index contributed by atoms with van der Waals surface area (Å²) >= 11 is 0. The molecule has 0 aliphatic rings. The van der Waals surface area contributed by atoms with E-state index in [0.717, 1.165) is 16.8 Å². The van der Waals surface area contributed by atoms with Gasteiger partial charge in [-0.05, 0) is 36.4 Å². The summed E-state index contributed by atoms with van der Waals surface area (Å²) in [6.45, 7) is 0. The van der Waals surface area contributed by atoms with Crippen molar-refractivity contribution in [2.24, 2.45) is 0 Å². The molecule has 1 aromatic carbocycles. The molecule has 0 spiro atoms. The number of hydrogen-bond donors (Lipinski definition) is 1. The Balaban J connectivity index is 1.92. The van der Waals surface area contributed by atoms with Gasteiger partial charge in [0.25, 0.3) is 0 Å². The normalized spacial score (nSPS) is 10.7. The fourth-order valence-electron chi connectivity index (χ4n) is 2.58. The Labute approximate surface area is 138 Å². The van der Waals surface area contributed by atoms with Gasteiger partial charge in [-0.2, -0.15) is 0 Å². The van der Waals surface area contributed by atoms with Gasteiger partial charge in [0.15, 0.2) is 0 Å². The second-order valence-corrected chi connectivity index (χ2v) is 5.30. The number of hydrogen-bond acceptors (Lipinski definition) is 3. The second kappa shape index (κ2) is 6.04. The van der Waals surface area contributed by atoms with Crippen LogP contribution in [-0.2, 0) is 0 Å². The standard InChI is InChI=1S/C19H13FN4/c20-16-5-1-3-14(11-16)18-17(13-6-9-21-10-7-13)23-19(24-18)15-4-2-8-22-12-15/h1-12H,(H,23,24). The van der Waals surface area contributed by atoms with Gasteiger partial charge in [-0.15, -0.1) is 0 Å². The van der Waals surface area contributed by atoms with Crippen LogP contribution in [0.1, 0.15) is 0 Å². The highest BCUT2D eigenvalue weighted by molar-refractivity contribution is 5.80. The Morgan fingerprint density at radius 3 is 2.38 bits per heavy atom. The van der Waals surface area contributed by atoms with E-state index in [0.29, 0.717) is 17.1 Å². The molecule has 0 bridgehead atoms. The molecule has 0 unspecified atom stereocenters. The molecule has 4 nitrogen and oxygen atoms in total. The Kier molecular flexibility index (Phi) is 3.59.